The molecule has 2 heterocycles. The van der Waals surface area contributed by atoms with Crippen molar-refractivity contribution in [2.75, 3.05) is 18.4 Å². The first-order valence-electron chi connectivity index (χ1n) is 7.99. The minimum absolute atomic E-state index is 0.0151. The van der Waals surface area contributed by atoms with Crippen LogP contribution in [0.3, 0.4) is 0 Å². The summed E-state index contributed by atoms with van der Waals surface area (Å²) in [6.45, 7) is 1.96. The first kappa shape index (κ1) is 18.0. The van der Waals surface area contributed by atoms with Gasteiger partial charge in [-0.2, -0.15) is 0 Å². The maximum atomic E-state index is 12.3. The van der Waals surface area contributed by atoms with E-state index >= 15 is 0 Å². The fourth-order valence-corrected chi connectivity index (χ4v) is 2.62. The summed E-state index contributed by atoms with van der Waals surface area (Å²) >= 11 is 0. The summed E-state index contributed by atoms with van der Waals surface area (Å²) in [5.74, 6) is -0.267. The second-order valence-electron chi connectivity index (χ2n) is 5.81. The zero-order valence-corrected chi connectivity index (χ0v) is 14.2. The average molecular weight is 373 g/mol. The maximum Gasteiger partial charge on any atom is 0.320 e. The fourth-order valence-electron chi connectivity index (χ4n) is 2.62. The molecular weight excluding hydrogens is 358 g/mol. The monoisotopic (exact) mass is 373 g/mol. The lowest BCUT2D eigenvalue weighted by molar-refractivity contribution is -0.384. The molecule has 2 N–H and O–H groups in total. The van der Waals surface area contributed by atoms with Gasteiger partial charge < -0.3 is 9.84 Å². The third-order valence-electron chi connectivity index (χ3n) is 3.88. The number of urea groups is 1. The predicted molar refractivity (Wildman–Crippen MR) is 91.3 cm³/mol. The van der Waals surface area contributed by atoms with Crippen molar-refractivity contribution in [2.24, 2.45) is 0 Å². The summed E-state index contributed by atoms with van der Waals surface area (Å²) in [6, 6.07) is 4.62. The molecule has 1 aromatic heterocycles. The molecule has 11 nitrogen and oxygen atoms in total. The van der Waals surface area contributed by atoms with E-state index < -0.39 is 22.8 Å². The Morgan fingerprint density at radius 3 is 2.67 bits per heavy atom. The van der Waals surface area contributed by atoms with Gasteiger partial charge in [0.25, 0.3) is 17.5 Å². The number of carbonyl (C=O) groups excluding carboxylic acids is 3. The van der Waals surface area contributed by atoms with Gasteiger partial charge in [0.05, 0.1) is 16.1 Å². The molecule has 0 bridgehead atoms. The summed E-state index contributed by atoms with van der Waals surface area (Å²) in [4.78, 5) is 47.5. The van der Waals surface area contributed by atoms with Crippen molar-refractivity contribution >= 4 is 29.4 Å². The van der Waals surface area contributed by atoms with Crippen LogP contribution in [0.2, 0.25) is 0 Å². The van der Waals surface area contributed by atoms with E-state index in [0.717, 1.165) is 11.0 Å². The number of hydrogen-bond acceptors (Lipinski definition) is 7. The zero-order chi connectivity index (χ0) is 19.6. The summed E-state index contributed by atoms with van der Waals surface area (Å²) in [5, 5.41) is 19.5. The van der Waals surface area contributed by atoms with Crippen LogP contribution in [0.4, 0.5) is 16.3 Å². The quantitative estimate of drug-likeness (QED) is 0.339. The summed E-state index contributed by atoms with van der Waals surface area (Å²) in [6.07, 6.45) is 0.318. The van der Waals surface area contributed by atoms with E-state index in [1.807, 2.05) is 0 Å². The number of aryl methyl sites for hydroxylation is 1. The molecule has 0 saturated heterocycles. The average Bonchev–Trinajstić information content (AvgIpc) is 3.14. The third-order valence-corrected chi connectivity index (χ3v) is 3.88. The van der Waals surface area contributed by atoms with Crippen LogP contribution in [-0.4, -0.2) is 45.9 Å². The van der Waals surface area contributed by atoms with Crippen molar-refractivity contribution in [3.8, 4) is 0 Å². The van der Waals surface area contributed by atoms with Gasteiger partial charge in [-0.1, -0.05) is 5.16 Å². The number of fused-ring (bicyclic) bond motifs is 1. The molecule has 11 heteroatoms. The molecule has 1 aliphatic rings. The number of nitrogens with zero attached hydrogens (tertiary/aromatic N) is 3. The number of amides is 4. The largest absolute Gasteiger partial charge is 0.360 e. The number of carbonyl (C=O) groups is 3. The van der Waals surface area contributed by atoms with Crippen molar-refractivity contribution in [3.63, 3.8) is 0 Å². The maximum absolute atomic E-state index is 12.3. The normalized spacial score (nSPS) is 12.9. The number of imide groups is 1. The highest BCUT2D eigenvalue weighted by atomic mass is 16.6. The number of aromatic nitrogens is 1. The van der Waals surface area contributed by atoms with Gasteiger partial charge in [0.1, 0.15) is 5.76 Å². The van der Waals surface area contributed by atoms with E-state index in [4.69, 9.17) is 4.52 Å². The van der Waals surface area contributed by atoms with Crippen molar-refractivity contribution in [2.45, 2.75) is 13.3 Å². The number of hydrogen-bond donors (Lipinski definition) is 2. The van der Waals surface area contributed by atoms with Crippen LogP contribution in [0.25, 0.3) is 0 Å². The molecular formula is C16H15N5O6. The number of non-ortho nitro benzene ring substituents is 1. The van der Waals surface area contributed by atoms with E-state index in [2.05, 4.69) is 15.8 Å². The molecule has 3 rings (SSSR count). The number of nitrogens with one attached hydrogen (secondary N) is 2. The second kappa shape index (κ2) is 7.23. The van der Waals surface area contributed by atoms with Crippen LogP contribution < -0.4 is 10.6 Å². The van der Waals surface area contributed by atoms with Gasteiger partial charge >= 0.3 is 6.03 Å². The Kier molecular flexibility index (Phi) is 4.83. The molecule has 0 fully saturated rings. The zero-order valence-electron chi connectivity index (χ0n) is 14.2. The molecule has 0 unspecified atom stereocenters. The molecule has 2 aromatic rings. The van der Waals surface area contributed by atoms with Gasteiger partial charge in [-0.05, 0) is 19.4 Å². The summed E-state index contributed by atoms with van der Waals surface area (Å²) < 4.78 is 4.82. The Morgan fingerprint density at radius 2 is 2.00 bits per heavy atom. The van der Waals surface area contributed by atoms with Crippen molar-refractivity contribution in [1.82, 2.24) is 15.4 Å². The molecule has 140 valence electrons. The van der Waals surface area contributed by atoms with E-state index in [0.29, 0.717) is 12.2 Å². The van der Waals surface area contributed by atoms with E-state index in [1.165, 1.54) is 12.1 Å². The molecule has 27 heavy (non-hydrogen) atoms. The topological polar surface area (TPSA) is 148 Å². The van der Waals surface area contributed by atoms with E-state index in [-0.39, 0.29) is 35.7 Å². The van der Waals surface area contributed by atoms with Gasteiger partial charge in [-0.3, -0.25) is 29.9 Å². The Hall–Kier alpha value is -3.76. The summed E-state index contributed by atoms with van der Waals surface area (Å²) in [5.41, 5.74) is -0.0998. The Morgan fingerprint density at radius 1 is 1.26 bits per heavy atom. The van der Waals surface area contributed by atoms with Gasteiger partial charge in [0, 0.05) is 31.3 Å². The molecule has 0 saturated carbocycles. The number of benzene rings is 1. The number of anilines is 1. The van der Waals surface area contributed by atoms with Crippen LogP contribution in [-0.2, 0) is 0 Å². The van der Waals surface area contributed by atoms with Crippen LogP contribution >= 0.6 is 0 Å². The molecule has 0 spiro atoms. The lowest BCUT2D eigenvalue weighted by atomic mass is 10.1. The Balaban J connectivity index is 1.51. The van der Waals surface area contributed by atoms with Crippen LogP contribution in [0.1, 0.15) is 32.9 Å². The van der Waals surface area contributed by atoms with Crippen LogP contribution in [0.5, 0.6) is 0 Å². The lowest BCUT2D eigenvalue weighted by Gasteiger charge is -2.13. The van der Waals surface area contributed by atoms with Gasteiger partial charge in [-0.25, -0.2) is 4.79 Å². The van der Waals surface area contributed by atoms with Crippen LogP contribution in [0.15, 0.2) is 28.8 Å². The van der Waals surface area contributed by atoms with Crippen molar-refractivity contribution in [1.29, 1.82) is 0 Å². The lowest BCUT2D eigenvalue weighted by Crippen LogP contribution is -2.35. The predicted octanol–water partition coefficient (Wildman–Crippen LogP) is 1.70. The van der Waals surface area contributed by atoms with Gasteiger partial charge in [-0.15, -0.1) is 0 Å². The summed E-state index contributed by atoms with van der Waals surface area (Å²) in [7, 11) is 0. The van der Waals surface area contributed by atoms with Crippen molar-refractivity contribution in [3.05, 3.63) is 51.3 Å². The standard InChI is InChI=1S/C16H15N5O6/c1-9-7-13(19-27-9)18-16(24)17-5-2-6-20-14(22)11-4-3-10(21(25)26)8-12(11)15(20)23/h3-4,7-8H,2,5-6H2,1H3,(H2,17,18,19,24). The van der Waals surface area contributed by atoms with E-state index in [9.17, 15) is 24.5 Å². The van der Waals surface area contributed by atoms with Gasteiger partial charge in [0.15, 0.2) is 5.82 Å². The molecule has 1 aromatic carbocycles. The molecule has 0 radical (unpaired) electrons. The molecule has 4 amide bonds. The smallest absolute Gasteiger partial charge is 0.320 e. The number of nitro groups is 1. The fraction of sp³-hybridized carbons (Fsp3) is 0.250. The number of rotatable bonds is 6. The second-order valence-corrected chi connectivity index (χ2v) is 5.81. The highest BCUT2D eigenvalue weighted by Gasteiger charge is 2.36. The minimum atomic E-state index is -0.625. The first-order valence-corrected chi connectivity index (χ1v) is 7.99. The van der Waals surface area contributed by atoms with E-state index in [1.54, 1.807) is 13.0 Å². The Labute approximate surface area is 152 Å². The molecule has 1 aliphatic heterocycles. The SMILES string of the molecule is Cc1cc(NC(=O)NCCCN2C(=O)c3ccc([N+](=O)[O-])cc3C2=O)no1. The van der Waals surface area contributed by atoms with Crippen LogP contribution in [0, 0.1) is 17.0 Å². The highest BCUT2D eigenvalue weighted by Crippen LogP contribution is 2.26. The minimum Gasteiger partial charge on any atom is -0.360 e. The highest BCUT2D eigenvalue weighted by molar-refractivity contribution is 6.21. The van der Waals surface area contributed by atoms with Gasteiger partial charge in [0.2, 0.25) is 0 Å². The Bertz CT molecular complexity index is 937. The first-order chi connectivity index (χ1) is 12.9. The molecule has 0 atom stereocenters. The van der Waals surface area contributed by atoms with Crippen molar-refractivity contribution < 1.29 is 23.8 Å². The number of nitro benzene ring substituents is 1. The third kappa shape index (κ3) is 3.76. The molecule has 0 aliphatic carbocycles.